The molecule has 0 unspecified atom stereocenters. The molecule has 1 N–H and O–H groups in total. The molecule has 1 heterocycles. The highest BCUT2D eigenvalue weighted by Crippen LogP contribution is 2.20. The van der Waals surface area contributed by atoms with E-state index in [1.165, 1.54) is 6.07 Å². The number of halogens is 1. The lowest BCUT2D eigenvalue weighted by Crippen LogP contribution is -2.30. The number of hydrogen-bond acceptors (Lipinski definition) is 4. The van der Waals surface area contributed by atoms with E-state index in [0.29, 0.717) is 16.4 Å². The second-order valence-corrected chi connectivity index (χ2v) is 5.45. The van der Waals surface area contributed by atoms with Gasteiger partial charge in [0.05, 0.1) is 4.92 Å². The Kier molecular flexibility index (Phi) is 4.80. The third-order valence-electron chi connectivity index (χ3n) is 3.34. The molecule has 1 aromatic carbocycles. The number of pyridine rings is 1. The van der Waals surface area contributed by atoms with E-state index in [2.05, 4.69) is 5.32 Å². The van der Waals surface area contributed by atoms with E-state index in [1.807, 2.05) is 0 Å². The van der Waals surface area contributed by atoms with E-state index in [-0.39, 0.29) is 6.54 Å². The zero-order chi connectivity index (χ0) is 17.1. The highest BCUT2D eigenvalue weighted by molar-refractivity contribution is 6.31. The summed E-state index contributed by atoms with van der Waals surface area (Å²) in [5.41, 5.74) is 0.415. The molecule has 8 heteroatoms. The van der Waals surface area contributed by atoms with E-state index in [9.17, 15) is 19.7 Å². The molecule has 0 aliphatic rings. The van der Waals surface area contributed by atoms with Crippen molar-refractivity contribution in [1.29, 1.82) is 0 Å². The van der Waals surface area contributed by atoms with Gasteiger partial charge >= 0.3 is 11.2 Å². The van der Waals surface area contributed by atoms with Gasteiger partial charge in [0.15, 0.2) is 0 Å². The van der Waals surface area contributed by atoms with Crippen LogP contribution < -0.4 is 10.9 Å². The Morgan fingerprint density at radius 2 is 2.00 bits per heavy atom. The molecule has 0 saturated carbocycles. The van der Waals surface area contributed by atoms with Crippen LogP contribution in [0.15, 0.2) is 35.1 Å². The number of carbonyl (C=O) groups is 1. The maximum Gasteiger partial charge on any atom is 0.334 e. The summed E-state index contributed by atoms with van der Waals surface area (Å²) in [5.74, 6) is -0.471. The predicted molar refractivity (Wildman–Crippen MR) is 86.9 cm³/mol. The number of aromatic nitrogens is 1. The first-order valence-corrected chi connectivity index (χ1v) is 7.08. The minimum Gasteiger partial charge on any atom is -0.324 e. The van der Waals surface area contributed by atoms with Crippen LogP contribution in [0.25, 0.3) is 0 Å². The Bertz CT molecular complexity index is 845. The number of nitro groups is 1. The van der Waals surface area contributed by atoms with Crippen LogP contribution in [0.5, 0.6) is 0 Å². The molecular weight excluding hydrogens is 322 g/mol. The van der Waals surface area contributed by atoms with Crippen molar-refractivity contribution < 1.29 is 9.72 Å². The average molecular weight is 336 g/mol. The van der Waals surface area contributed by atoms with E-state index in [0.717, 1.165) is 16.2 Å². The van der Waals surface area contributed by atoms with Crippen LogP contribution in [0.4, 0.5) is 11.4 Å². The number of rotatable bonds is 4. The van der Waals surface area contributed by atoms with Crippen molar-refractivity contribution in [3.05, 3.63) is 67.1 Å². The number of amides is 1. The molecule has 0 radical (unpaired) electrons. The smallest absolute Gasteiger partial charge is 0.324 e. The van der Waals surface area contributed by atoms with Crippen molar-refractivity contribution in [2.45, 2.75) is 20.4 Å². The van der Waals surface area contributed by atoms with Crippen molar-refractivity contribution in [3.8, 4) is 0 Å². The second kappa shape index (κ2) is 6.62. The van der Waals surface area contributed by atoms with Crippen LogP contribution in [-0.4, -0.2) is 15.4 Å². The minimum atomic E-state index is -0.812. The molecule has 0 atom stereocenters. The van der Waals surface area contributed by atoms with Gasteiger partial charge in [0.2, 0.25) is 5.91 Å². The van der Waals surface area contributed by atoms with Crippen LogP contribution in [0.2, 0.25) is 5.02 Å². The van der Waals surface area contributed by atoms with Crippen molar-refractivity contribution in [2.24, 2.45) is 0 Å². The fourth-order valence-electron chi connectivity index (χ4n) is 2.06. The van der Waals surface area contributed by atoms with Crippen LogP contribution in [0.3, 0.4) is 0 Å². The molecule has 1 amide bonds. The Hall–Kier alpha value is -2.67. The van der Waals surface area contributed by atoms with Crippen molar-refractivity contribution in [2.75, 3.05) is 5.32 Å². The number of carbonyl (C=O) groups excluding carboxylic acids is 1. The summed E-state index contributed by atoms with van der Waals surface area (Å²) < 4.78 is 1.06. The number of benzene rings is 1. The highest BCUT2D eigenvalue weighted by Gasteiger charge is 2.17. The second-order valence-electron chi connectivity index (χ2n) is 5.02. The minimum absolute atomic E-state index is 0.321. The zero-order valence-electron chi connectivity index (χ0n) is 12.5. The molecule has 0 spiro atoms. The maximum absolute atomic E-state index is 12.1. The molecule has 120 valence electrons. The first-order valence-electron chi connectivity index (χ1n) is 6.70. The summed E-state index contributed by atoms with van der Waals surface area (Å²) in [7, 11) is 0. The molecule has 2 rings (SSSR count). The van der Waals surface area contributed by atoms with Crippen LogP contribution in [0.1, 0.15) is 11.3 Å². The monoisotopic (exact) mass is 335 g/mol. The average Bonchev–Trinajstić information content (AvgIpc) is 2.47. The van der Waals surface area contributed by atoms with E-state index >= 15 is 0 Å². The molecule has 2 aromatic rings. The SMILES string of the molecule is Cc1ccc(Cl)cc1NC(=O)Cn1c(C)ccc([N+](=O)[O-])c1=O. The van der Waals surface area contributed by atoms with E-state index in [4.69, 9.17) is 11.6 Å². The summed E-state index contributed by atoms with van der Waals surface area (Å²) in [6.07, 6.45) is 0. The van der Waals surface area contributed by atoms with Gasteiger partial charge in [0.1, 0.15) is 6.54 Å². The Balaban J connectivity index is 2.27. The number of nitrogens with one attached hydrogen (secondary N) is 1. The lowest BCUT2D eigenvalue weighted by Gasteiger charge is -2.12. The van der Waals surface area contributed by atoms with Gasteiger partial charge in [-0.2, -0.15) is 0 Å². The molecule has 0 aliphatic heterocycles. The van der Waals surface area contributed by atoms with Gasteiger partial charge in [-0.25, -0.2) is 0 Å². The van der Waals surface area contributed by atoms with Crippen molar-refractivity contribution in [3.63, 3.8) is 0 Å². The topological polar surface area (TPSA) is 94.2 Å². The van der Waals surface area contributed by atoms with Gasteiger partial charge in [-0.05, 0) is 37.6 Å². The number of nitrogens with zero attached hydrogens (tertiary/aromatic N) is 2. The molecule has 0 bridgehead atoms. The van der Waals surface area contributed by atoms with Crippen LogP contribution >= 0.6 is 11.6 Å². The normalized spacial score (nSPS) is 10.4. The third-order valence-corrected chi connectivity index (χ3v) is 3.58. The van der Waals surface area contributed by atoms with Crippen molar-refractivity contribution >= 4 is 28.9 Å². The first kappa shape index (κ1) is 16.7. The number of hydrogen-bond donors (Lipinski definition) is 1. The van der Waals surface area contributed by atoms with Gasteiger partial charge in [0, 0.05) is 22.5 Å². The third kappa shape index (κ3) is 3.75. The van der Waals surface area contributed by atoms with Gasteiger partial charge in [-0.1, -0.05) is 17.7 Å². The molecule has 23 heavy (non-hydrogen) atoms. The summed E-state index contributed by atoms with van der Waals surface area (Å²) >= 11 is 5.89. The van der Waals surface area contributed by atoms with Crippen LogP contribution in [0, 0.1) is 24.0 Å². The number of anilines is 1. The van der Waals surface area contributed by atoms with Gasteiger partial charge in [-0.15, -0.1) is 0 Å². The Morgan fingerprint density at radius 1 is 1.30 bits per heavy atom. The molecule has 0 fully saturated rings. The lowest BCUT2D eigenvalue weighted by molar-refractivity contribution is -0.386. The fourth-order valence-corrected chi connectivity index (χ4v) is 2.23. The largest absolute Gasteiger partial charge is 0.334 e. The standard InChI is InChI=1S/C15H14ClN3O4/c1-9-3-5-11(16)7-12(9)17-14(20)8-18-10(2)4-6-13(15(18)21)19(22)23/h3-7H,8H2,1-2H3,(H,17,20). The molecule has 0 saturated heterocycles. The van der Waals surface area contributed by atoms with Gasteiger partial charge in [0.25, 0.3) is 0 Å². The Labute approximate surface area is 136 Å². The van der Waals surface area contributed by atoms with Crippen LogP contribution in [-0.2, 0) is 11.3 Å². The van der Waals surface area contributed by atoms with E-state index < -0.39 is 22.1 Å². The quantitative estimate of drug-likeness (QED) is 0.686. The number of aryl methyl sites for hydroxylation is 2. The van der Waals surface area contributed by atoms with Gasteiger partial charge in [-0.3, -0.25) is 24.3 Å². The summed E-state index contributed by atoms with van der Waals surface area (Å²) in [6.45, 7) is 3.08. The van der Waals surface area contributed by atoms with Crippen molar-refractivity contribution in [1.82, 2.24) is 4.57 Å². The molecular formula is C15H14ClN3O4. The molecule has 7 nitrogen and oxygen atoms in total. The maximum atomic E-state index is 12.1. The summed E-state index contributed by atoms with van der Waals surface area (Å²) in [4.78, 5) is 34.3. The lowest BCUT2D eigenvalue weighted by atomic mass is 10.2. The van der Waals surface area contributed by atoms with E-state index in [1.54, 1.807) is 32.0 Å². The predicted octanol–water partition coefficient (Wildman–Crippen LogP) is 2.67. The molecule has 1 aromatic heterocycles. The fraction of sp³-hybridized carbons (Fsp3) is 0.200. The first-order chi connectivity index (χ1) is 10.8. The Morgan fingerprint density at radius 3 is 2.65 bits per heavy atom. The molecule has 0 aliphatic carbocycles. The summed E-state index contributed by atoms with van der Waals surface area (Å²) in [5, 5.41) is 13.9. The highest BCUT2D eigenvalue weighted by atomic mass is 35.5. The summed E-state index contributed by atoms with van der Waals surface area (Å²) in [6, 6.07) is 7.60. The van der Waals surface area contributed by atoms with Gasteiger partial charge < -0.3 is 5.32 Å². The zero-order valence-corrected chi connectivity index (χ0v) is 13.3.